The van der Waals surface area contributed by atoms with Crippen LogP contribution in [0.2, 0.25) is 0 Å². The van der Waals surface area contributed by atoms with Crippen molar-refractivity contribution in [1.82, 2.24) is 9.57 Å². The van der Waals surface area contributed by atoms with E-state index in [0.29, 0.717) is 6.54 Å². The fraction of sp³-hybridized carbons (Fsp3) is 0.435. The molecule has 1 N–H and O–H groups in total. The van der Waals surface area contributed by atoms with Crippen LogP contribution in [-0.2, 0) is 9.36 Å². The number of hydrogen-bond acceptors (Lipinski definition) is 7. The van der Waals surface area contributed by atoms with Gasteiger partial charge in [-0.2, -0.15) is 4.67 Å². The normalized spacial score (nSPS) is 14.3. The Morgan fingerprint density at radius 1 is 0.941 bits per heavy atom. The maximum absolute atomic E-state index is 14.2. The highest BCUT2D eigenvalue weighted by atomic mass is 31.2. The molecule has 0 bridgehead atoms. The number of carboxylic acids is 1. The molecule has 0 fully saturated rings. The summed E-state index contributed by atoms with van der Waals surface area (Å²) in [5.74, 6) is -0.901. The molecule has 2 atom stereocenters. The molecule has 0 radical (unpaired) electrons. The third kappa shape index (κ3) is 7.28. The molecule has 0 aliphatic carbocycles. The van der Waals surface area contributed by atoms with Crippen molar-refractivity contribution in [1.29, 1.82) is 0 Å². The van der Waals surface area contributed by atoms with Crippen LogP contribution in [0.15, 0.2) is 54.6 Å². The first-order chi connectivity index (χ1) is 15.9. The fourth-order valence-corrected chi connectivity index (χ4v) is 5.37. The summed E-state index contributed by atoms with van der Waals surface area (Å²) < 4.78 is 27.0. The number of carbonyl (C=O) groups is 1. The van der Waals surface area contributed by atoms with Gasteiger partial charge in [-0.3, -0.25) is 19.8 Å². The monoisotopic (exact) mass is 493 g/mol. The molecule has 10 nitrogen and oxygen atoms in total. The predicted octanol–water partition coefficient (Wildman–Crippen LogP) is 5.05. The lowest BCUT2D eigenvalue weighted by molar-refractivity contribution is -0.384. The minimum Gasteiger partial charge on any atom is -0.480 e. The van der Waals surface area contributed by atoms with E-state index in [0.717, 1.165) is 0 Å². The van der Waals surface area contributed by atoms with Crippen molar-refractivity contribution in [3.63, 3.8) is 0 Å². The molecule has 0 heterocycles. The number of benzene rings is 2. The zero-order valence-electron chi connectivity index (χ0n) is 20.0. The first kappa shape index (κ1) is 27.3. The first-order valence-corrected chi connectivity index (χ1v) is 12.5. The van der Waals surface area contributed by atoms with E-state index in [1.807, 2.05) is 27.7 Å². The largest absolute Gasteiger partial charge is 0.516 e. The third-order valence-corrected chi connectivity index (χ3v) is 7.32. The smallest absolute Gasteiger partial charge is 0.480 e. The van der Waals surface area contributed by atoms with Crippen LogP contribution >= 0.6 is 7.75 Å². The van der Waals surface area contributed by atoms with Crippen LogP contribution in [0.1, 0.15) is 34.6 Å². The van der Waals surface area contributed by atoms with E-state index in [1.54, 1.807) is 30.3 Å². The van der Waals surface area contributed by atoms with E-state index >= 15 is 0 Å². The van der Waals surface area contributed by atoms with Crippen LogP contribution in [0, 0.1) is 10.1 Å². The zero-order valence-corrected chi connectivity index (χ0v) is 20.9. The lowest BCUT2D eigenvalue weighted by atomic mass is 10.2. The van der Waals surface area contributed by atoms with E-state index in [-0.39, 0.29) is 35.8 Å². The van der Waals surface area contributed by atoms with Crippen molar-refractivity contribution in [3.05, 3.63) is 64.7 Å². The summed E-state index contributed by atoms with van der Waals surface area (Å²) in [6.07, 6.45) is 0. The van der Waals surface area contributed by atoms with Crippen molar-refractivity contribution in [2.24, 2.45) is 0 Å². The standard InChI is InChI=1S/C23H32N3O7P/c1-17(2)24(18(3)4)15-16-25(19(5)23(27)28)34(31,32-21-9-7-6-8-10-21)33-22-13-11-20(12-14-22)26(29)30/h6-14,17-19H,15-16H2,1-5H3,(H,27,28)/t19-,34?/m0/s1. The zero-order chi connectivity index (χ0) is 25.5. The summed E-state index contributed by atoms with van der Waals surface area (Å²) >= 11 is 0. The Labute approximate surface area is 199 Å². The van der Waals surface area contributed by atoms with Crippen molar-refractivity contribution in [3.8, 4) is 11.5 Å². The van der Waals surface area contributed by atoms with Crippen LogP contribution < -0.4 is 9.05 Å². The van der Waals surface area contributed by atoms with Gasteiger partial charge in [0.2, 0.25) is 0 Å². The second-order valence-corrected chi connectivity index (χ2v) is 10.1. The number of nitro benzene ring substituents is 1. The summed E-state index contributed by atoms with van der Waals surface area (Å²) in [4.78, 5) is 24.5. The number of carboxylic acid groups (broad SMARTS) is 1. The molecule has 0 aromatic heterocycles. The highest BCUT2D eigenvalue weighted by Gasteiger charge is 2.43. The van der Waals surface area contributed by atoms with E-state index in [1.165, 1.54) is 35.9 Å². The van der Waals surface area contributed by atoms with Crippen molar-refractivity contribution in [2.45, 2.75) is 52.7 Å². The summed E-state index contributed by atoms with van der Waals surface area (Å²) in [6, 6.07) is 12.5. The molecule has 0 amide bonds. The quantitative estimate of drug-likeness (QED) is 0.232. The van der Waals surface area contributed by atoms with Gasteiger partial charge >= 0.3 is 13.7 Å². The van der Waals surface area contributed by atoms with Gasteiger partial charge in [0, 0.05) is 37.3 Å². The number of nitro groups is 1. The number of para-hydroxylation sites is 1. The van der Waals surface area contributed by atoms with Crippen molar-refractivity contribution in [2.75, 3.05) is 13.1 Å². The highest BCUT2D eigenvalue weighted by molar-refractivity contribution is 7.52. The Morgan fingerprint density at radius 2 is 1.44 bits per heavy atom. The number of rotatable bonds is 13. The number of hydrogen-bond donors (Lipinski definition) is 1. The summed E-state index contributed by atoms with van der Waals surface area (Å²) in [5.41, 5.74) is -0.161. The van der Waals surface area contributed by atoms with Crippen LogP contribution in [0.4, 0.5) is 5.69 Å². The van der Waals surface area contributed by atoms with Gasteiger partial charge in [0.15, 0.2) is 0 Å². The fourth-order valence-electron chi connectivity index (χ4n) is 3.49. The summed E-state index contributed by atoms with van der Waals surface area (Å²) in [5, 5.41) is 20.7. The second kappa shape index (κ2) is 12.0. The Morgan fingerprint density at radius 3 is 1.88 bits per heavy atom. The Kier molecular flexibility index (Phi) is 9.61. The molecule has 0 spiro atoms. The molecule has 2 rings (SSSR count). The topological polar surface area (TPSA) is 122 Å². The van der Waals surface area contributed by atoms with Gasteiger partial charge in [0.05, 0.1) is 4.92 Å². The molecule has 0 saturated carbocycles. The Bertz CT molecular complexity index is 991. The van der Waals surface area contributed by atoms with E-state index in [9.17, 15) is 24.6 Å². The van der Waals surface area contributed by atoms with Gasteiger partial charge in [0.1, 0.15) is 17.5 Å². The molecule has 186 valence electrons. The van der Waals surface area contributed by atoms with Gasteiger partial charge in [-0.05, 0) is 58.9 Å². The lowest BCUT2D eigenvalue weighted by Gasteiger charge is -2.36. The van der Waals surface area contributed by atoms with Crippen LogP contribution in [0.5, 0.6) is 11.5 Å². The minimum atomic E-state index is -4.28. The number of aliphatic carboxylic acids is 1. The van der Waals surface area contributed by atoms with Gasteiger partial charge < -0.3 is 14.2 Å². The van der Waals surface area contributed by atoms with Crippen LogP contribution in [-0.4, -0.2) is 56.8 Å². The highest BCUT2D eigenvalue weighted by Crippen LogP contribution is 2.53. The molecule has 0 aliphatic rings. The summed E-state index contributed by atoms with van der Waals surface area (Å²) in [6.45, 7) is 10.0. The molecule has 2 aromatic rings. The van der Waals surface area contributed by atoms with E-state index < -0.39 is 24.7 Å². The second-order valence-electron chi connectivity index (χ2n) is 8.32. The van der Waals surface area contributed by atoms with Gasteiger partial charge in [-0.15, -0.1) is 0 Å². The predicted molar refractivity (Wildman–Crippen MR) is 129 cm³/mol. The number of non-ortho nitro benzene ring substituents is 1. The average molecular weight is 493 g/mol. The summed E-state index contributed by atoms with van der Waals surface area (Å²) in [7, 11) is -4.28. The first-order valence-electron chi connectivity index (χ1n) is 11.0. The van der Waals surface area contributed by atoms with Gasteiger partial charge in [-0.1, -0.05) is 18.2 Å². The van der Waals surface area contributed by atoms with Crippen LogP contribution in [0.25, 0.3) is 0 Å². The maximum Gasteiger partial charge on any atom is 0.516 e. The molecule has 0 saturated heterocycles. The maximum atomic E-state index is 14.2. The van der Waals surface area contributed by atoms with Crippen molar-refractivity contribution >= 4 is 19.4 Å². The number of nitrogens with zero attached hydrogens (tertiary/aromatic N) is 3. The molecular weight excluding hydrogens is 461 g/mol. The molecule has 2 aromatic carbocycles. The van der Waals surface area contributed by atoms with E-state index in [2.05, 4.69) is 4.90 Å². The minimum absolute atomic E-state index is 0.0528. The molecule has 11 heteroatoms. The molecule has 1 unspecified atom stereocenters. The van der Waals surface area contributed by atoms with E-state index in [4.69, 9.17) is 9.05 Å². The van der Waals surface area contributed by atoms with Crippen molar-refractivity contribution < 1.29 is 28.4 Å². The SMILES string of the molecule is CC(C)N(CCN([C@@H](C)C(=O)O)P(=O)(Oc1ccccc1)Oc1ccc([N+](=O)[O-])cc1)C(C)C. The Balaban J connectivity index is 2.47. The molecular formula is C23H32N3O7P. The average Bonchev–Trinajstić information content (AvgIpc) is 2.76. The van der Waals surface area contributed by atoms with Gasteiger partial charge in [0.25, 0.3) is 5.69 Å². The Hall–Kier alpha value is -2.94. The third-order valence-electron chi connectivity index (χ3n) is 5.27. The van der Waals surface area contributed by atoms with Crippen LogP contribution in [0.3, 0.4) is 0 Å². The van der Waals surface area contributed by atoms with Gasteiger partial charge in [-0.25, -0.2) is 4.57 Å². The molecule has 0 aliphatic heterocycles. The lowest BCUT2D eigenvalue weighted by Crippen LogP contribution is -2.46. The molecule has 34 heavy (non-hydrogen) atoms.